The highest BCUT2D eigenvalue weighted by Crippen LogP contribution is 2.37. The molecule has 1 aromatic carbocycles. The number of thioether (sulfide) groups is 1. The average Bonchev–Trinajstić information content (AvgIpc) is 3.66. The van der Waals surface area contributed by atoms with Gasteiger partial charge < -0.3 is 19.6 Å². The molecule has 0 bridgehead atoms. The Kier molecular flexibility index (Phi) is 7.74. The summed E-state index contributed by atoms with van der Waals surface area (Å²) in [5, 5.41) is 24.4. The van der Waals surface area contributed by atoms with Gasteiger partial charge in [-0.1, -0.05) is 36.0 Å². The van der Waals surface area contributed by atoms with Crippen molar-refractivity contribution < 1.29 is 13.9 Å². The first kappa shape index (κ1) is 26.9. The van der Waals surface area contributed by atoms with Crippen molar-refractivity contribution in [2.75, 3.05) is 12.3 Å². The van der Waals surface area contributed by atoms with E-state index in [0.29, 0.717) is 40.2 Å². The zero-order valence-electron chi connectivity index (χ0n) is 21.9. The molecule has 39 heavy (non-hydrogen) atoms. The minimum atomic E-state index is -0.536. The fourth-order valence-electron chi connectivity index (χ4n) is 4.47. The Morgan fingerprint density at radius 3 is 2.51 bits per heavy atom. The number of aryl methyl sites for hydroxylation is 2. The van der Waals surface area contributed by atoms with Crippen LogP contribution in [-0.2, 0) is 21.6 Å². The third-order valence-electron chi connectivity index (χ3n) is 6.49. The second-order valence-electron chi connectivity index (χ2n) is 9.66. The van der Waals surface area contributed by atoms with Crippen LogP contribution >= 0.6 is 23.1 Å². The lowest BCUT2D eigenvalue weighted by molar-refractivity contribution is -0.138. The van der Waals surface area contributed by atoms with Crippen LogP contribution in [0.3, 0.4) is 0 Å². The van der Waals surface area contributed by atoms with E-state index < -0.39 is 5.79 Å². The standard InChI is InChI=1S/C29H27N5O3S2/c1-17-24(33-27(36-17)20-10-11-38-15-20)16-39-28-23(13-31)25(22(12-30)26(32)34-28)19-7-4-18(5-8-19)6-9-21-14-35-29(2,3)37-21/h4-5,7-8,10-11,15,21H,6,9,14,16H2,1-3H3,(H2,32,34)/t21-/m1/s1. The highest BCUT2D eigenvalue weighted by Gasteiger charge is 2.32. The topological polar surface area (TPSA) is 131 Å². The lowest BCUT2D eigenvalue weighted by atomic mass is 9.95. The molecular weight excluding hydrogens is 530 g/mol. The van der Waals surface area contributed by atoms with Crippen molar-refractivity contribution in [1.29, 1.82) is 10.5 Å². The number of nitriles is 2. The van der Waals surface area contributed by atoms with Crippen molar-refractivity contribution in [2.45, 2.75) is 56.3 Å². The first-order valence-corrected chi connectivity index (χ1v) is 14.4. The molecule has 3 aromatic heterocycles. The van der Waals surface area contributed by atoms with Crippen LogP contribution in [0.5, 0.6) is 0 Å². The van der Waals surface area contributed by atoms with Crippen LogP contribution in [0.2, 0.25) is 0 Å². The Bertz CT molecular complexity index is 1560. The number of rotatable bonds is 8. The van der Waals surface area contributed by atoms with Crippen LogP contribution in [0.1, 0.15) is 48.4 Å². The average molecular weight is 558 g/mol. The van der Waals surface area contributed by atoms with E-state index in [0.717, 1.165) is 35.2 Å². The summed E-state index contributed by atoms with van der Waals surface area (Å²) in [6.45, 7) is 6.29. The van der Waals surface area contributed by atoms with Crippen molar-refractivity contribution in [3.05, 3.63) is 69.2 Å². The Balaban J connectivity index is 1.38. The Hall–Kier alpha value is -3.67. The van der Waals surface area contributed by atoms with Gasteiger partial charge in [0.1, 0.15) is 34.3 Å². The van der Waals surface area contributed by atoms with E-state index in [9.17, 15) is 10.5 Å². The largest absolute Gasteiger partial charge is 0.441 e. The number of nitrogens with two attached hydrogens (primary N) is 1. The fourth-order valence-corrected chi connectivity index (χ4v) is 6.10. The van der Waals surface area contributed by atoms with E-state index in [4.69, 9.17) is 19.6 Å². The molecule has 0 spiro atoms. The zero-order valence-corrected chi connectivity index (χ0v) is 23.5. The maximum Gasteiger partial charge on any atom is 0.227 e. The first-order chi connectivity index (χ1) is 18.8. The second kappa shape index (κ2) is 11.2. The van der Waals surface area contributed by atoms with E-state index >= 15 is 0 Å². The molecule has 1 aliphatic rings. The third kappa shape index (κ3) is 5.85. The quantitative estimate of drug-likeness (QED) is 0.242. The Labute approximate surface area is 235 Å². The second-order valence-corrected chi connectivity index (χ2v) is 11.4. The van der Waals surface area contributed by atoms with Gasteiger partial charge in [-0.3, -0.25) is 0 Å². The molecule has 4 aromatic rings. The summed E-state index contributed by atoms with van der Waals surface area (Å²) in [4.78, 5) is 9.05. The Morgan fingerprint density at radius 1 is 1.10 bits per heavy atom. The molecule has 1 aliphatic heterocycles. The van der Waals surface area contributed by atoms with E-state index in [2.05, 4.69) is 22.1 Å². The lowest BCUT2D eigenvalue weighted by Crippen LogP contribution is -2.21. The molecule has 0 radical (unpaired) electrons. The molecule has 198 valence electrons. The number of nitrogen functional groups attached to an aromatic ring is 1. The van der Waals surface area contributed by atoms with Gasteiger partial charge in [-0.05, 0) is 56.2 Å². The number of thiophene rings is 1. The van der Waals surface area contributed by atoms with Crippen LogP contribution < -0.4 is 5.73 Å². The summed E-state index contributed by atoms with van der Waals surface area (Å²) in [5.41, 5.74) is 10.8. The van der Waals surface area contributed by atoms with E-state index in [1.165, 1.54) is 11.8 Å². The van der Waals surface area contributed by atoms with E-state index in [1.807, 2.05) is 61.9 Å². The van der Waals surface area contributed by atoms with Gasteiger partial charge in [0.15, 0.2) is 5.79 Å². The monoisotopic (exact) mass is 557 g/mol. The summed E-state index contributed by atoms with van der Waals surface area (Å²) < 4.78 is 17.4. The van der Waals surface area contributed by atoms with Crippen LogP contribution in [0, 0.1) is 29.6 Å². The number of hydrogen-bond acceptors (Lipinski definition) is 10. The summed E-state index contributed by atoms with van der Waals surface area (Å²) in [7, 11) is 0. The van der Waals surface area contributed by atoms with Gasteiger partial charge in [0.25, 0.3) is 0 Å². The molecule has 1 atom stereocenters. The molecule has 2 N–H and O–H groups in total. The van der Waals surface area contributed by atoms with Crippen molar-refractivity contribution in [3.63, 3.8) is 0 Å². The van der Waals surface area contributed by atoms with Gasteiger partial charge in [0.2, 0.25) is 5.89 Å². The number of anilines is 1. The minimum Gasteiger partial charge on any atom is -0.441 e. The highest BCUT2D eigenvalue weighted by atomic mass is 32.2. The van der Waals surface area contributed by atoms with Crippen LogP contribution in [0.25, 0.3) is 22.6 Å². The summed E-state index contributed by atoms with van der Waals surface area (Å²) in [6, 6.07) is 14.2. The van der Waals surface area contributed by atoms with Gasteiger partial charge in [-0.15, -0.1) is 0 Å². The number of hydrogen-bond donors (Lipinski definition) is 1. The van der Waals surface area contributed by atoms with Crippen LogP contribution in [0.4, 0.5) is 5.82 Å². The molecule has 1 fully saturated rings. The summed E-state index contributed by atoms with van der Waals surface area (Å²) >= 11 is 2.92. The molecule has 0 amide bonds. The molecule has 8 nitrogen and oxygen atoms in total. The molecule has 0 aliphatic carbocycles. The van der Waals surface area contributed by atoms with Gasteiger partial charge in [-0.2, -0.15) is 21.9 Å². The summed E-state index contributed by atoms with van der Waals surface area (Å²) in [6.07, 6.45) is 1.73. The highest BCUT2D eigenvalue weighted by molar-refractivity contribution is 7.98. The fraction of sp³-hybridized carbons (Fsp3) is 0.310. The number of nitrogens with zero attached hydrogens (tertiary/aromatic N) is 4. The molecule has 10 heteroatoms. The molecule has 5 rings (SSSR count). The van der Waals surface area contributed by atoms with Gasteiger partial charge in [0.05, 0.1) is 24.0 Å². The predicted molar refractivity (Wildman–Crippen MR) is 151 cm³/mol. The number of aromatic nitrogens is 2. The van der Waals surface area contributed by atoms with Crippen molar-refractivity contribution in [3.8, 4) is 34.7 Å². The molecule has 1 saturated heterocycles. The van der Waals surface area contributed by atoms with Gasteiger partial charge >= 0.3 is 0 Å². The van der Waals surface area contributed by atoms with Crippen LogP contribution in [0.15, 0.2) is 50.5 Å². The predicted octanol–water partition coefficient (Wildman–Crippen LogP) is 6.48. The normalized spacial score (nSPS) is 16.2. The summed E-state index contributed by atoms with van der Waals surface area (Å²) in [5.74, 6) is 1.27. The van der Waals surface area contributed by atoms with Crippen molar-refractivity contribution in [2.24, 2.45) is 0 Å². The minimum absolute atomic E-state index is 0.0596. The first-order valence-electron chi connectivity index (χ1n) is 12.4. The molecule has 4 heterocycles. The van der Waals surface area contributed by atoms with E-state index in [-0.39, 0.29) is 17.5 Å². The van der Waals surface area contributed by atoms with E-state index in [1.54, 1.807) is 11.3 Å². The molecule has 0 saturated carbocycles. The maximum absolute atomic E-state index is 10.1. The number of oxazole rings is 1. The molecule has 0 unspecified atom stereocenters. The van der Waals surface area contributed by atoms with Crippen LogP contribution in [-0.4, -0.2) is 28.5 Å². The number of ether oxygens (including phenoxy) is 2. The van der Waals surface area contributed by atoms with Gasteiger partial charge in [-0.25, -0.2) is 9.97 Å². The number of pyridine rings is 1. The zero-order chi connectivity index (χ0) is 27.6. The SMILES string of the molecule is Cc1oc(-c2ccsc2)nc1CSc1nc(N)c(C#N)c(-c2ccc(CC[C@@H]3COC(C)(C)O3)cc2)c1C#N. The smallest absolute Gasteiger partial charge is 0.227 e. The lowest BCUT2D eigenvalue weighted by Gasteiger charge is -2.17. The Morgan fingerprint density at radius 2 is 1.87 bits per heavy atom. The third-order valence-corrected chi connectivity index (χ3v) is 8.16. The van der Waals surface area contributed by atoms with Crippen molar-refractivity contribution >= 4 is 28.9 Å². The van der Waals surface area contributed by atoms with Gasteiger partial charge in [0, 0.05) is 22.3 Å². The van der Waals surface area contributed by atoms with Crippen molar-refractivity contribution in [1.82, 2.24) is 9.97 Å². The number of benzene rings is 1. The maximum atomic E-state index is 10.1. The molecular formula is C29H27N5O3S2.